The molecule has 0 spiro atoms. The predicted octanol–water partition coefficient (Wildman–Crippen LogP) is 4.89. The van der Waals surface area contributed by atoms with Crippen molar-refractivity contribution in [2.45, 2.75) is 40.7 Å². The highest BCUT2D eigenvalue weighted by atomic mass is 16.2. The molecule has 42 heavy (non-hydrogen) atoms. The lowest BCUT2D eigenvalue weighted by Gasteiger charge is -2.16. The Morgan fingerprint density at radius 2 is 1.69 bits per heavy atom. The van der Waals surface area contributed by atoms with Crippen molar-refractivity contribution in [3.63, 3.8) is 0 Å². The maximum absolute atomic E-state index is 13.4. The molecule has 0 atom stereocenters. The van der Waals surface area contributed by atoms with Crippen molar-refractivity contribution in [1.29, 1.82) is 0 Å². The van der Waals surface area contributed by atoms with Crippen molar-refractivity contribution >= 4 is 28.5 Å². The molecule has 2 heterocycles. The quantitative estimate of drug-likeness (QED) is 0.174. The highest BCUT2D eigenvalue weighted by Crippen LogP contribution is 2.30. The average molecular weight is 563 g/mol. The van der Waals surface area contributed by atoms with Crippen LogP contribution in [0.3, 0.4) is 0 Å². The number of carbonyl (C=O) groups excluding carboxylic acids is 2. The Hall–Kier alpha value is -5.18. The van der Waals surface area contributed by atoms with Gasteiger partial charge in [-0.3, -0.25) is 14.4 Å². The normalized spacial score (nSPS) is 11.0. The molecule has 214 valence electrons. The van der Waals surface area contributed by atoms with Gasteiger partial charge >= 0.3 is 0 Å². The van der Waals surface area contributed by atoms with E-state index in [1.807, 2.05) is 76.2 Å². The first-order valence-electron chi connectivity index (χ1n) is 13.9. The minimum absolute atomic E-state index is 0.137. The van der Waals surface area contributed by atoms with Crippen LogP contribution < -0.4 is 21.9 Å². The van der Waals surface area contributed by atoms with Crippen LogP contribution in [0.25, 0.3) is 22.2 Å². The van der Waals surface area contributed by atoms with Gasteiger partial charge in [0.1, 0.15) is 11.3 Å². The van der Waals surface area contributed by atoms with Gasteiger partial charge in [-0.05, 0) is 85.8 Å². The molecule has 0 aliphatic heterocycles. The summed E-state index contributed by atoms with van der Waals surface area (Å²) in [7, 11) is 0. The predicted molar refractivity (Wildman–Crippen MR) is 166 cm³/mol. The van der Waals surface area contributed by atoms with Crippen LogP contribution in [0.15, 0.2) is 65.5 Å². The van der Waals surface area contributed by atoms with E-state index in [0.29, 0.717) is 35.2 Å². The van der Waals surface area contributed by atoms with E-state index in [1.54, 1.807) is 12.1 Å². The lowest BCUT2D eigenvalue weighted by molar-refractivity contribution is 0.0949. The van der Waals surface area contributed by atoms with Gasteiger partial charge in [-0.25, -0.2) is 4.98 Å². The Balaban J connectivity index is 1.39. The zero-order valence-electron chi connectivity index (χ0n) is 24.1. The van der Waals surface area contributed by atoms with Gasteiger partial charge in [-0.15, -0.1) is 0 Å². The summed E-state index contributed by atoms with van der Waals surface area (Å²) < 4.78 is 0. The lowest BCUT2D eigenvalue weighted by Crippen LogP contribution is -2.28. The molecule has 3 aromatic carbocycles. The molecule has 0 aliphatic rings. The van der Waals surface area contributed by atoms with Crippen LogP contribution in [0.5, 0.6) is 0 Å². The lowest BCUT2D eigenvalue weighted by atomic mass is 9.96. The van der Waals surface area contributed by atoms with E-state index in [-0.39, 0.29) is 18.0 Å². The fourth-order valence-electron chi connectivity index (χ4n) is 5.23. The number of nitrogens with one attached hydrogen (secondary N) is 4. The first-order chi connectivity index (χ1) is 20.1. The molecule has 0 fully saturated rings. The number of para-hydroxylation sites is 1. The minimum atomic E-state index is -0.509. The molecule has 5 aromatic rings. The Kier molecular flexibility index (Phi) is 7.93. The number of H-pyrrole nitrogens is 2. The maximum atomic E-state index is 13.4. The van der Waals surface area contributed by atoms with Gasteiger partial charge in [0, 0.05) is 42.0 Å². The molecular weight excluding hydrogens is 528 g/mol. The highest BCUT2D eigenvalue weighted by Gasteiger charge is 2.17. The number of benzene rings is 3. The number of nitrogens with zero attached hydrogens (tertiary/aromatic N) is 1. The number of pyridine rings is 1. The highest BCUT2D eigenvalue weighted by molar-refractivity contribution is 6.04. The van der Waals surface area contributed by atoms with E-state index in [9.17, 15) is 14.4 Å². The number of aromatic nitrogens is 3. The molecule has 0 unspecified atom stereocenters. The largest absolute Gasteiger partial charge is 0.385 e. The second kappa shape index (κ2) is 11.7. The minimum Gasteiger partial charge on any atom is -0.385 e. The Labute approximate surface area is 243 Å². The van der Waals surface area contributed by atoms with Crippen LogP contribution in [0.2, 0.25) is 0 Å². The first-order valence-corrected chi connectivity index (χ1v) is 13.9. The number of fused-ring (bicyclic) bond motifs is 1. The molecule has 0 saturated heterocycles. The number of rotatable bonds is 9. The van der Waals surface area contributed by atoms with Crippen LogP contribution in [-0.2, 0) is 13.0 Å². The van der Waals surface area contributed by atoms with E-state index in [2.05, 4.69) is 25.6 Å². The van der Waals surface area contributed by atoms with Crippen molar-refractivity contribution in [3.05, 3.63) is 116 Å². The number of anilines is 1. The van der Waals surface area contributed by atoms with Crippen molar-refractivity contribution in [3.8, 4) is 11.1 Å². The van der Waals surface area contributed by atoms with Crippen LogP contribution >= 0.6 is 0 Å². The fraction of sp³-hybridized carbons (Fsp3) is 0.212. The van der Waals surface area contributed by atoms with Crippen molar-refractivity contribution in [1.82, 2.24) is 20.3 Å². The van der Waals surface area contributed by atoms with Crippen molar-refractivity contribution < 1.29 is 9.59 Å². The number of hydrogen-bond acceptors (Lipinski definition) is 5. The zero-order chi connectivity index (χ0) is 30.0. The smallest absolute Gasteiger partial charge is 0.253 e. The number of primary amides is 1. The number of carbonyl (C=O) groups is 2. The van der Waals surface area contributed by atoms with Crippen LogP contribution in [-0.4, -0.2) is 33.3 Å². The van der Waals surface area contributed by atoms with E-state index in [0.717, 1.165) is 50.5 Å². The van der Waals surface area contributed by atoms with Gasteiger partial charge in [-0.1, -0.05) is 30.3 Å². The van der Waals surface area contributed by atoms with Gasteiger partial charge in [0.25, 0.3) is 17.4 Å². The van der Waals surface area contributed by atoms with Crippen molar-refractivity contribution in [2.24, 2.45) is 5.73 Å². The van der Waals surface area contributed by atoms with Crippen LogP contribution in [0, 0.1) is 20.8 Å². The molecule has 0 aliphatic carbocycles. The second-order valence-corrected chi connectivity index (χ2v) is 10.5. The molecule has 5 rings (SSSR count). The SMILES string of the molecule is CCNc1cc(-c2ccc(Cc3nc4c(C(N)=O)cccc4[nH]3)cc2)cc(C(=O)NCc2c(C)cc(C)[nH]c2=O)c1C. The van der Waals surface area contributed by atoms with E-state index in [4.69, 9.17) is 5.73 Å². The third kappa shape index (κ3) is 5.81. The van der Waals surface area contributed by atoms with Gasteiger partial charge in [0.15, 0.2) is 0 Å². The van der Waals surface area contributed by atoms with Gasteiger partial charge in [-0.2, -0.15) is 0 Å². The van der Waals surface area contributed by atoms with E-state index < -0.39 is 5.91 Å². The van der Waals surface area contributed by atoms with E-state index >= 15 is 0 Å². The zero-order valence-corrected chi connectivity index (χ0v) is 24.1. The monoisotopic (exact) mass is 562 g/mol. The van der Waals surface area contributed by atoms with Gasteiger partial charge < -0.3 is 26.3 Å². The molecule has 0 radical (unpaired) electrons. The van der Waals surface area contributed by atoms with Gasteiger partial charge in [0.2, 0.25) is 0 Å². The molecule has 9 heteroatoms. The number of imidazole rings is 1. The average Bonchev–Trinajstić information content (AvgIpc) is 3.36. The molecule has 0 bridgehead atoms. The first kappa shape index (κ1) is 28.4. The summed E-state index contributed by atoms with van der Waals surface area (Å²) >= 11 is 0. The summed E-state index contributed by atoms with van der Waals surface area (Å²) in [6.45, 7) is 8.47. The molecule has 2 aromatic heterocycles. The summed E-state index contributed by atoms with van der Waals surface area (Å²) in [6, 6.07) is 19.2. The van der Waals surface area contributed by atoms with Gasteiger partial charge in [0.05, 0.1) is 11.1 Å². The number of aromatic amines is 2. The fourth-order valence-corrected chi connectivity index (χ4v) is 5.23. The topological polar surface area (TPSA) is 146 Å². The Morgan fingerprint density at radius 3 is 2.38 bits per heavy atom. The number of aryl methyl sites for hydroxylation is 2. The number of hydrogen-bond donors (Lipinski definition) is 5. The Morgan fingerprint density at radius 1 is 0.929 bits per heavy atom. The van der Waals surface area contributed by atoms with Crippen LogP contribution in [0.1, 0.15) is 61.4 Å². The van der Waals surface area contributed by atoms with Crippen molar-refractivity contribution in [2.75, 3.05) is 11.9 Å². The third-order valence-corrected chi connectivity index (χ3v) is 7.43. The maximum Gasteiger partial charge on any atom is 0.253 e. The Bertz CT molecular complexity index is 1870. The summed E-state index contributed by atoms with van der Waals surface area (Å²) in [5.74, 6) is -0.0208. The third-order valence-electron chi connectivity index (χ3n) is 7.43. The number of nitrogens with two attached hydrogens (primary N) is 1. The molecular formula is C33H34N6O3. The molecule has 2 amide bonds. The van der Waals surface area contributed by atoms with E-state index in [1.165, 1.54) is 0 Å². The van der Waals surface area contributed by atoms with Crippen LogP contribution in [0.4, 0.5) is 5.69 Å². The summed E-state index contributed by atoms with van der Waals surface area (Å²) in [4.78, 5) is 48.3. The summed E-state index contributed by atoms with van der Waals surface area (Å²) in [6.07, 6.45) is 0.551. The summed E-state index contributed by atoms with van der Waals surface area (Å²) in [5, 5.41) is 6.31. The molecule has 9 nitrogen and oxygen atoms in total. The number of amides is 2. The molecule has 6 N–H and O–H groups in total. The second-order valence-electron chi connectivity index (χ2n) is 10.5. The molecule has 0 saturated carbocycles. The summed E-state index contributed by atoms with van der Waals surface area (Å²) in [5.41, 5.74) is 14.4. The standard InChI is InChI=1S/C33H34N6O3/c1-5-35-28-16-23(15-25(20(28)4)32(41)36-17-26-18(2)13-19(3)37-33(26)42)22-11-9-21(10-12-22)14-29-38-27-8-6-7-24(31(34)40)30(27)39-29/h6-13,15-16,35H,5,14,17H2,1-4H3,(H2,34,40)(H,36,41)(H,37,42)(H,38,39).